The van der Waals surface area contributed by atoms with Gasteiger partial charge in [-0.3, -0.25) is 0 Å². The molecule has 2 saturated heterocycles. The lowest BCUT2D eigenvalue weighted by molar-refractivity contribution is 0.339. The van der Waals surface area contributed by atoms with Crippen LogP contribution in [0, 0.1) is 5.92 Å². The van der Waals surface area contributed by atoms with Gasteiger partial charge >= 0.3 is 0 Å². The number of aromatic nitrogens is 2. The zero-order valence-corrected chi connectivity index (χ0v) is 9.65. The number of nitrogens with one attached hydrogen (secondary N) is 1. The highest BCUT2D eigenvalue weighted by atomic mass is 16.5. The molecule has 5 nitrogen and oxygen atoms in total. The van der Waals surface area contributed by atoms with Gasteiger partial charge in [-0.15, -0.1) is 0 Å². The summed E-state index contributed by atoms with van der Waals surface area (Å²) < 4.78 is 5.39. The fourth-order valence-electron chi connectivity index (χ4n) is 2.56. The van der Waals surface area contributed by atoms with Crippen LogP contribution in [0.2, 0.25) is 0 Å². The van der Waals surface area contributed by atoms with Crippen LogP contribution in [0.1, 0.15) is 31.6 Å². The van der Waals surface area contributed by atoms with Crippen molar-refractivity contribution in [1.29, 1.82) is 0 Å². The predicted molar refractivity (Wildman–Crippen MR) is 60.5 cm³/mol. The summed E-state index contributed by atoms with van der Waals surface area (Å²) >= 11 is 0. The Labute approximate surface area is 95.2 Å². The maximum Gasteiger partial charge on any atom is 0.266 e. The molecular weight excluding hydrogens is 204 g/mol. The third-order valence-corrected chi connectivity index (χ3v) is 3.65. The Balaban J connectivity index is 1.76. The molecule has 1 aromatic heterocycles. The Morgan fingerprint density at radius 3 is 2.81 bits per heavy atom. The van der Waals surface area contributed by atoms with Crippen molar-refractivity contribution < 1.29 is 4.52 Å². The molecule has 0 saturated carbocycles. The van der Waals surface area contributed by atoms with Gasteiger partial charge in [0.15, 0.2) is 0 Å². The van der Waals surface area contributed by atoms with Gasteiger partial charge in [0.25, 0.3) is 5.95 Å². The Kier molecular flexibility index (Phi) is 2.55. The van der Waals surface area contributed by atoms with Crippen LogP contribution >= 0.6 is 0 Å². The molecule has 1 N–H and O–H groups in total. The maximum atomic E-state index is 5.39. The molecule has 2 aliphatic heterocycles. The molecule has 0 bridgehead atoms. The van der Waals surface area contributed by atoms with E-state index in [9.17, 15) is 0 Å². The minimum Gasteiger partial charge on any atom is -0.338 e. The Hall–Kier alpha value is -1.10. The summed E-state index contributed by atoms with van der Waals surface area (Å²) in [6, 6.07) is 0. The van der Waals surface area contributed by atoms with E-state index in [2.05, 4.69) is 27.3 Å². The quantitative estimate of drug-likeness (QED) is 0.808. The van der Waals surface area contributed by atoms with Gasteiger partial charge in [0.1, 0.15) is 0 Å². The lowest BCUT2D eigenvalue weighted by Crippen LogP contribution is -2.19. The van der Waals surface area contributed by atoms with Crippen LogP contribution in [0.4, 0.5) is 5.95 Å². The number of anilines is 1. The molecule has 3 heterocycles. The van der Waals surface area contributed by atoms with Gasteiger partial charge in [0, 0.05) is 19.6 Å². The van der Waals surface area contributed by atoms with E-state index < -0.39 is 0 Å². The van der Waals surface area contributed by atoms with Gasteiger partial charge in [0.2, 0.25) is 5.89 Å². The highest BCUT2D eigenvalue weighted by Gasteiger charge is 2.30. The molecule has 0 spiro atoms. The van der Waals surface area contributed by atoms with E-state index in [1.54, 1.807) is 0 Å². The third kappa shape index (κ3) is 1.69. The fourth-order valence-corrected chi connectivity index (χ4v) is 2.56. The fraction of sp³-hybridized carbons (Fsp3) is 0.818. The van der Waals surface area contributed by atoms with Crippen LogP contribution in [0.5, 0.6) is 0 Å². The highest BCUT2D eigenvalue weighted by molar-refractivity contribution is 5.29. The standard InChI is InChI=1S/C11H18N4O/c1-8-6-12-7-9(8)10-13-11(14-16-10)15-4-2-3-5-15/h8-9,12H,2-7H2,1H3/t8-,9-/m1/s1. The van der Waals surface area contributed by atoms with Crippen LogP contribution in [-0.4, -0.2) is 36.3 Å². The number of hydrogen-bond acceptors (Lipinski definition) is 5. The SMILES string of the molecule is C[C@@H]1CNC[C@H]1c1nc(N2CCCC2)no1. The first-order valence-corrected chi connectivity index (χ1v) is 6.14. The van der Waals surface area contributed by atoms with Crippen molar-refractivity contribution in [3.63, 3.8) is 0 Å². The summed E-state index contributed by atoms with van der Waals surface area (Å²) in [5.41, 5.74) is 0. The largest absolute Gasteiger partial charge is 0.338 e. The lowest BCUT2D eigenvalue weighted by Gasteiger charge is -2.10. The summed E-state index contributed by atoms with van der Waals surface area (Å²) in [4.78, 5) is 6.74. The van der Waals surface area contributed by atoms with Crippen LogP contribution in [0.25, 0.3) is 0 Å². The van der Waals surface area contributed by atoms with E-state index >= 15 is 0 Å². The van der Waals surface area contributed by atoms with Gasteiger partial charge < -0.3 is 14.7 Å². The molecule has 0 unspecified atom stereocenters. The van der Waals surface area contributed by atoms with Gasteiger partial charge in [-0.2, -0.15) is 4.98 Å². The molecule has 0 aromatic carbocycles. The van der Waals surface area contributed by atoms with E-state index in [0.717, 1.165) is 38.0 Å². The molecule has 1 aromatic rings. The Bertz CT molecular complexity index is 359. The zero-order valence-electron chi connectivity index (χ0n) is 9.65. The number of rotatable bonds is 2. The summed E-state index contributed by atoms with van der Waals surface area (Å²) in [7, 11) is 0. The van der Waals surface area contributed by atoms with Crippen LogP contribution in [0.15, 0.2) is 4.52 Å². The van der Waals surface area contributed by atoms with Crippen molar-refractivity contribution in [1.82, 2.24) is 15.5 Å². The lowest BCUT2D eigenvalue weighted by atomic mass is 9.98. The molecule has 0 aliphatic carbocycles. The van der Waals surface area contributed by atoms with E-state index in [0.29, 0.717) is 11.8 Å². The molecule has 2 aliphatic rings. The van der Waals surface area contributed by atoms with Crippen molar-refractivity contribution in [3.8, 4) is 0 Å². The first-order chi connectivity index (χ1) is 7.84. The van der Waals surface area contributed by atoms with Crippen molar-refractivity contribution in [2.75, 3.05) is 31.1 Å². The minimum atomic E-state index is 0.392. The second kappa shape index (κ2) is 4.05. The van der Waals surface area contributed by atoms with Gasteiger partial charge in [0.05, 0.1) is 5.92 Å². The third-order valence-electron chi connectivity index (χ3n) is 3.65. The maximum absolute atomic E-state index is 5.39. The molecule has 0 radical (unpaired) electrons. The molecular formula is C11H18N4O. The number of nitrogens with zero attached hydrogens (tertiary/aromatic N) is 3. The average molecular weight is 222 g/mol. The molecule has 3 rings (SSSR count). The first-order valence-electron chi connectivity index (χ1n) is 6.14. The molecule has 16 heavy (non-hydrogen) atoms. The second-order valence-corrected chi connectivity index (χ2v) is 4.87. The van der Waals surface area contributed by atoms with Gasteiger partial charge in [-0.25, -0.2) is 0 Å². The Morgan fingerprint density at radius 1 is 1.31 bits per heavy atom. The molecule has 88 valence electrons. The minimum absolute atomic E-state index is 0.392. The molecule has 0 amide bonds. The molecule has 2 atom stereocenters. The Morgan fingerprint density at radius 2 is 2.12 bits per heavy atom. The number of hydrogen-bond donors (Lipinski definition) is 1. The van der Waals surface area contributed by atoms with E-state index in [1.165, 1.54) is 12.8 Å². The van der Waals surface area contributed by atoms with Crippen LogP contribution in [0.3, 0.4) is 0 Å². The second-order valence-electron chi connectivity index (χ2n) is 4.87. The topological polar surface area (TPSA) is 54.2 Å². The van der Waals surface area contributed by atoms with Crippen molar-refractivity contribution in [3.05, 3.63) is 5.89 Å². The van der Waals surface area contributed by atoms with Gasteiger partial charge in [-0.1, -0.05) is 6.92 Å². The first kappa shape index (κ1) is 10.1. The summed E-state index contributed by atoms with van der Waals surface area (Å²) in [5, 5.41) is 7.45. The van der Waals surface area contributed by atoms with Gasteiger partial charge in [-0.05, 0) is 30.5 Å². The molecule has 5 heteroatoms. The van der Waals surface area contributed by atoms with E-state index in [-0.39, 0.29) is 0 Å². The highest BCUT2D eigenvalue weighted by Crippen LogP contribution is 2.28. The van der Waals surface area contributed by atoms with Crippen molar-refractivity contribution >= 4 is 5.95 Å². The average Bonchev–Trinajstić information content (AvgIpc) is 2.96. The zero-order chi connectivity index (χ0) is 11.0. The van der Waals surface area contributed by atoms with E-state index in [4.69, 9.17) is 4.52 Å². The summed E-state index contributed by atoms with van der Waals surface area (Å²) in [5.74, 6) is 2.57. The van der Waals surface area contributed by atoms with Crippen molar-refractivity contribution in [2.24, 2.45) is 5.92 Å². The predicted octanol–water partition coefficient (Wildman–Crippen LogP) is 0.993. The van der Waals surface area contributed by atoms with Crippen LogP contribution in [-0.2, 0) is 0 Å². The normalized spacial score (nSPS) is 30.2. The van der Waals surface area contributed by atoms with E-state index in [1.807, 2.05) is 0 Å². The van der Waals surface area contributed by atoms with Crippen molar-refractivity contribution in [2.45, 2.75) is 25.7 Å². The summed E-state index contributed by atoms with van der Waals surface area (Å²) in [6.07, 6.45) is 2.48. The summed E-state index contributed by atoms with van der Waals surface area (Å²) in [6.45, 7) is 6.37. The monoisotopic (exact) mass is 222 g/mol. The smallest absolute Gasteiger partial charge is 0.266 e. The van der Waals surface area contributed by atoms with Crippen LogP contribution < -0.4 is 10.2 Å². The molecule has 2 fully saturated rings.